The fourth-order valence-electron chi connectivity index (χ4n) is 6.60. The average molecular weight is 449 g/mol. The fourth-order valence-corrected chi connectivity index (χ4v) is 6.60. The second-order valence-electron chi connectivity index (χ2n) is 11.1. The molecule has 0 atom stereocenters. The van der Waals surface area contributed by atoms with Gasteiger partial charge in [0.05, 0.1) is 0 Å². The first-order valence-corrected chi connectivity index (χ1v) is 14.0. The van der Waals surface area contributed by atoms with Gasteiger partial charge in [0.1, 0.15) is 6.67 Å². The minimum absolute atomic E-state index is 0.371. The molecule has 0 aromatic heterocycles. The maximum Gasteiger partial charge on any atom is 0.115 e. The summed E-state index contributed by atoms with van der Waals surface area (Å²) in [6.07, 6.45) is 19.6. The van der Waals surface area contributed by atoms with Crippen LogP contribution in [0.15, 0.2) is 48.5 Å². The minimum atomic E-state index is -0.371. The summed E-state index contributed by atoms with van der Waals surface area (Å²) in [6, 6.07) is 17.4. The lowest BCUT2D eigenvalue weighted by molar-refractivity contribution is 0.155. The van der Waals surface area contributed by atoms with Crippen LogP contribution in [0.4, 0.5) is 4.39 Å². The van der Waals surface area contributed by atoms with Crippen molar-refractivity contribution in [2.75, 3.05) is 0 Å². The molecule has 4 rings (SSSR count). The summed E-state index contributed by atoms with van der Waals surface area (Å²) in [6.45, 7) is 1.95. The second kappa shape index (κ2) is 12.7. The Balaban J connectivity index is 1.18. The van der Waals surface area contributed by atoms with Gasteiger partial charge in [0.2, 0.25) is 0 Å². The molecular weight excluding hydrogens is 403 g/mol. The van der Waals surface area contributed by atoms with Gasteiger partial charge in [-0.2, -0.15) is 0 Å². The first-order chi connectivity index (χ1) is 16.2. The molecule has 0 unspecified atom stereocenters. The zero-order valence-corrected chi connectivity index (χ0v) is 20.9. The van der Waals surface area contributed by atoms with Crippen LogP contribution in [-0.2, 0) is 19.5 Å². The number of hydrogen-bond acceptors (Lipinski definition) is 0. The van der Waals surface area contributed by atoms with Gasteiger partial charge in [-0.15, -0.1) is 0 Å². The van der Waals surface area contributed by atoms with Crippen LogP contribution in [0.25, 0.3) is 0 Å². The third kappa shape index (κ3) is 7.17. The Bertz CT molecular complexity index is 789. The van der Waals surface area contributed by atoms with E-state index in [0.717, 1.165) is 42.1 Å². The molecule has 2 saturated carbocycles. The highest BCUT2D eigenvalue weighted by molar-refractivity contribution is 5.28. The Morgan fingerprint density at radius 3 is 1.70 bits per heavy atom. The summed E-state index contributed by atoms with van der Waals surface area (Å²) in [5.41, 5.74) is 5.04. The summed E-state index contributed by atoms with van der Waals surface area (Å²) in [5, 5.41) is 0. The molecule has 0 bridgehead atoms. The predicted octanol–water partition coefficient (Wildman–Crippen LogP) is 9.60. The summed E-state index contributed by atoms with van der Waals surface area (Å²) in [7, 11) is 0. The molecule has 2 fully saturated rings. The van der Waals surface area contributed by atoms with Gasteiger partial charge in [0, 0.05) is 0 Å². The minimum Gasteiger partial charge on any atom is -0.246 e. The molecule has 0 heterocycles. The molecule has 33 heavy (non-hydrogen) atoms. The van der Waals surface area contributed by atoms with E-state index in [9.17, 15) is 4.39 Å². The van der Waals surface area contributed by atoms with Crippen LogP contribution in [0, 0.1) is 17.8 Å². The first kappa shape index (κ1) is 24.5. The molecule has 0 saturated heterocycles. The van der Waals surface area contributed by atoms with Crippen molar-refractivity contribution in [1.29, 1.82) is 0 Å². The standard InChI is InChI=1S/C32H45F/c1-2-3-4-5-25-12-16-29(17-13-25)31-20-22-32(23-21-31)30-18-14-27(15-19-30)7-6-26-8-10-28(24-33)11-9-26/h8-11,14-15,18-19,25,29,31-32H,2-7,12-13,16-17,20-24H2,1H3. The topological polar surface area (TPSA) is 0 Å². The zero-order valence-electron chi connectivity index (χ0n) is 20.9. The van der Waals surface area contributed by atoms with Gasteiger partial charge in [-0.3, -0.25) is 0 Å². The van der Waals surface area contributed by atoms with Crippen LogP contribution in [0.3, 0.4) is 0 Å². The molecule has 0 N–H and O–H groups in total. The van der Waals surface area contributed by atoms with E-state index in [1.54, 1.807) is 5.56 Å². The van der Waals surface area contributed by atoms with Crippen LogP contribution in [-0.4, -0.2) is 0 Å². The van der Waals surface area contributed by atoms with E-state index in [2.05, 4.69) is 43.3 Å². The van der Waals surface area contributed by atoms with Crippen molar-refractivity contribution in [3.63, 3.8) is 0 Å². The number of benzene rings is 2. The van der Waals surface area contributed by atoms with Gasteiger partial charge in [0.25, 0.3) is 0 Å². The summed E-state index contributed by atoms with van der Waals surface area (Å²) >= 11 is 0. The molecule has 0 radical (unpaired) electrons. The van der Waals surface area contributed by atoms with Crippen molar-refractivity contribution in [3.05, 3.63) is 70.8 Å². The maximum absolute atomic E-state index is 12.7. The summed E-state index contributed by atoms with van der Waals surface area (Å²) < 4.78 is 12.7. The summed E-state index contributed by atoms with van der Waals surface area (Å²) in [4.78, 5) is 0. The van der Waals surface area contributed by atoms with E-state index in [4.69, 9.17) is 0 Å². The molecule has 2 aliphatic carbocycles. The molecule has 0 spiro atoms. The highest BCUT2D eigenvalue weighted by atomic mass is 19.1. The van der Waals surface area contributed by atoms with Crippen molar-refractivity contribution in [3.8, 4) is 0 Å². The van der Waals surface area contributed by atoms with Crippen LogP contribution in [0.2, 0.25) is 0 Å². The van der Waals surface area contributed by atoms with E-state index in [1.807, 2.05) is 12.1 Å². The molecule has 2 aliphatic rings. The lowest BCUT2D eigenvalue weighted by atomic mass is 9.68. The van der Waals surface area contributed by atoms with Crippen molar-refractivity contribution >= 4 is 0 Å². The second-order valence-corrected chi connectivity index (χ2v) is 11.1. The molecule has 180 valence electrons. The van der Waals surface area contributed by atoms with Crippen molar-refractivity contribution in [2.24, 2.45) is 17.8 Å². The lowest BCUT2D eigenvalue weighted by Crippen LogP contribution is -2.25. The molecule has 0 nitrogen and oxygen atoms in total. The fraction of sp³-hybridized carbons (Fsp3) is 0.625. The monoisotopic (exact) mass is 448 g/mol. The molecule has 1 heteroatoms. The third-order valence-corrected chi connectivity index (χ3v) is 8.88. The van der Waals surface area contributed by atoms with Crippen molar-refractivity contribution in [1.82, 2.24) is 0 Å². The van der Waals surface area contributed by atoms with E-state index >= 15 is 0 Å². The smallest absolute Gasteiger partial charge is 0.115 e. The maximum atomic E-state index is 12.7. The van der Waals surface area contributed by atoms with Crippen LogP contribution < -0.4 is 0 Å². The molecule has 0 amide bonds. The largest absolute Gasteiger partial charge is 0.246 e. The van der Waals surface area contributed by atoms with Gasteiger partial charge >= 0.3 is 0 Å². The summed E-state index contributed by atoms with van der Waals surface area (Å²) in [5.74, 6) is 3.83. The van der Waals surface area contributed by atoms with Crippen molar-refractivity contribution in [2.45, 2.75) is 109 Å². The third-order valence-electron chi connectivity index (χ3n) is 8.88. The SMILES string of the molecule is CCCCCC1CCC(C2CCC(c3ccc(CCc4ccc(CF)cc4)cc3)CC2)CC1. The number of hydrogen-bond donors (Lipinski definition) is 0. The molecule has 0 aliphatic heterocycles. The highest BCUT2D eigenvalue weighted by Crippen LogP contribution is 2.44. The molecule has 2 aromatic rings. The normalized spacial score (nSPS) is 25.8. The van der Waals surface area contributed by atoms with Crippen LogP contribution in [0.5, 0.6) is 0 Å². The average Bonchev–Trinajstić information content (AvgIpc) is 2.89. The van der Waals surface area contributed by atoms with E-state index in [-0.39, 0.29) is 6.67 Å². The first-order valence-electron chi connectivity index (χ1n) is 14.0. The lowest BCUT2D eigenvalue weighted by Gasteiger charge is -2.38. The van der Waals surface area contributed by atoms with E-state index in [0.29, 0.717) is 0 Å². The van der Waals surface area contributed by atoms with Gasteiger partial charge in [-0.25, -0.2) is 4.39 Å². The number of rotatable bonds is 10. The van der Waals surface area contributed by atoms with Gasteiger partial charge < -0.3 is 0 Å². The Hall–Kier alpha value is -1.63. The highest BCUT2D eigenvalue weighted by Gasteiger charge is 2.31. The number of alkyl halides is 1. The number of aryl methyl sites for hydroxylation is 2. The predicted molar refractivity (Wildman–Crippen MR) is 139 cm³/mol. The quantitative estimate of drug-likeness (QED) is 0.317. The van der Waals surface area contributed by atoms with Gasteiger partial charge in [-0.1, -0.05) is 94.0 Å². The van der Waals surface area contributed by atoms with E-state index in [1.165, 1.54) is 88.2 Å². The van der Waals surface area contributed by atoms with Gasteiger partial charge in [0.15, 0.2) is 0 Å². The number of unbranched alkanes of at least 4 members (excludes halogenated alkanes) is 2. The molecule has 2 aromatic carbocycles. The Morgan fingerprint density at radius 2 is 1.15 bits per heavy atom. The van der Waals surface area contributed by atoms with Crippen LogP contribution >= 0.6 is 0 Å². The van der Waals surface area contributed by atoms with Gasteiger partial charge in [-0.05, 0) is 97.3 Å². The molecular formula is C32H45F. The zero-order chi connectivity index (χ0) is 22.9. The van der Waals surface area contributed by atoms with Crippen molar-refractivity contribution < 1.29 is 4.39 Å². The Kier molecular flexibility index (Phi) is 9.45. The van der Waals surface area contributed by atoms with E-state index < -0.39 is 0 Å². The Labute approximate surface area is 202 Å². The van der Waals surface area contributed by atoms with Crippen LogP contribution in [0.1, 0.15) is 112 Å². The Morgan fingerprint density at radius 1 is 0.636 bits per heavy atom. The number of halogens is 1.